The molecule has 242 valence electrons. The Labute approximate surface area is 274 Å². The Morgan fingerprint density at radius 3 is 1.92 bits per heavy atom. The Bertz CT molecular complexity index is 2190. The van der Waals surface area contributed by atoms with E-state index >= 15 is 0 Å². The largest absolute Gasteiger partial charge is 0.744 e. The van der Waals surface area contributed by atoms with Crippen LogP contribution in [0.1, 0.15) is 12.5 Å². The first-order chi connectivity index (χ1) is 22.8. The molecule has 0 bridgehead atoms. The molecule has 0 aromatic heterocycles. The van der Waals surface area contributed by atoms with E-state index in [-0.39, 0.29) is 33.2 Å². The first-order valence-electron chi connectivity index (χ1n) is 14.1. The average Bonchev–Trinajstić information content (AvgIpc) is 3.06. The van der Waals surface area contributed by atoms with Gasteiger partial charge in [0.15, 0.2) is 5.78 Å². The van der Waals surface area contributed by atoms with Crippen molar-refractivity contribution in [1.82, 2.24) is 0 Å². The van der Waals surface area contributed by atoms with Crippen molar-refractivity contribution in [3.63, 3.8) is 0 Å². The molecule has 5 rings (SSSR count). The van der Waals surface area contributed by atoms with Gasteiger partial charge in [0.25, 0.3) is 0 Å². The molecule has 0 amide bonds. The number of ketones is 1. The van der Waals surface area contributed by atoms with Crippen molar-refractivity contribution < 1.29 is 27.7 Å². The SMILES string of the molecule is CC1=CC(=NNc2ccc(-c3ccc(N=Nc4c(N)c(C)cc(N=Nc5ccc(S(=O)(=O)[O-])cc5)c4N)cc3)cc2)C=C(C(=O)[O-])C1=O. The summed E-state index contributed by atoms with van der Waals surface area (Å²) >= 11 is 0. The normalized spacial score (nSPS) is 14.4. The van der Waals surface area contributed by atoms with Gasteiger partial charge >= 0.3 is 0 Å². The number of nitrogen functional groups attached to an aromatic ring is 2. The molecule has 0 unspecified atom stereocenters. The number of carbonyl (C=O) groups excluding carboxylic acids is 2. The zero-order chi connectivity index (χ0) is 34.6. The zero-order valence-electron chi connectivity index (χ0n) is 25.4. The van der Waals surface area contributed by atoms with Gasteiger partial charge in [-0.1, -0.05) is 24.3 Å². The van der Waals surface area contributed by atoms with E-state index in [9.17, 15) is 27.7 Å². The Morgan fingerprint density at radius 2 is 1.33 bits per heavy atom. The highest BCUT2D eigenvalue weighted by Crippen LogP contribution is 2.41. The summed E-state index contributed by atoms with van der Waals surface area (Å²) in [7, 11) is -4.58. The summed E-state index contributed by atoms with van der Waals surface area (Å²) in [6.07, 6.45) is 2.65. The number of carbonyl (C=O) groups is 2. The number of hydrazone groups is 1. The average molecular weight is 663 g/mol. The number of rotatable bonds is 9. The van der Waals surface area contributed by atoms with Gasteiger partial charge in [-0.25, -0.2) is 8.42 Å². The summed E-state index contributed by atoms with van der Waals surface area (Å²) in [5.41, 5.74) is 20.3. The Balaban J connectivity index is 1.28. The van der Waals surface area contributed by atoms with Crippen molar-refractivity contribution in [2.75, 3.05) is 16.9 Å². The number of nitrogens with one attached hydrogen (secondary N) is 1. The maximum absolute atomic E-state index is 11.9. The van der Waals surface area contributed by atoms with Crippen molar-refractivity contribution in [1.29, 1.82) is 0 Å². The van der Waals surface area contributed by atoms with Crippen LogP contribution >= 0.6 is 0 Å². The van der Waals surface area contributed by atoms with Crippen molar-refractivity contribution >= 4 is 67.4 Å². The molecule has 1 aliphatic carbocycles. The van der Waals surface area contributed by atoms with Gasteiger partial charge in [0.1, 0.15) is 21.5 Å². The van der Waals surface area contributed by atoms with Gasteiger partial charge in [-0.3, -0.25) is 10.2 Å². The third-order valence-electron chi connectivity index (χ3n) is 7.11. The molecule has 0 saturated carbocycles. The lowest BCUT2D eigenvalue weighted by Crippen LogP contribution is -2.31. The Kier molecular flexibility index (Phi) is 9.35. The van der Waals surface area contributed by atoms with E-state index in [4.69, 9.17) is 11.5 Å². The number of hydrogen-bond acceptors (Lipinski definition) is 14. The number of anilines is 3. The first-order valence-corrected chi connectivity index (χ1v) is 15.5. The van der Waals surface area contributed by atoms with E-state index in [0.717, 1.165) is 29.3 Å². The van der Waals surface area contributed by atoms with E-state index in [1.807, 2.05) is 24.3 Å². The van der Waals surface area contributed by atoms with Gasteiger partial charge in [-0.15, -0.1) is 10.2 Å². The van der Waals surface area contributed by atoms with Gasteiger partial charge in [0, 0.05) is 5.57 Å². The number of allylic oxidation sites excluding steroid dienone is 3. The predicted octanol–water partition coefficient (Wildman–Crippen LogP) is 5.53. The number of nitrogens with zero attached hydrogens (tertiary/aromatic N) is 5. The first kappa shape index (κ1) is 33.1. The standard InChI is InChI=1S/C33H28N8O6S/c1-18-16-28(40-37-24-11-13-26(14-12-24)48(45,46)47)30(35)31(29(18)34)41-38-23-9-5-21(6-10-23)20-3-7-22(8-4-20)36-39-25-15-19(2)32(42)27(17-25)33(43)44/h3-17,36H,34-35H2,1-2H3,(H,43,44)(H,45,46,47)/p-2. The van der Waals surface area contributed by atoms with Crippen LogP contribution in [-0.2, 0) is 19.7 Å². The van der Waals surface area contributed by atoms with Crippen molar-refractivity contribution in [2.24, 2.45) is 25.6 Å². The van der Waals surface area contributed by atoms with Gasteiger partial charge in [0.05, 0.1) is 45.0 Å². The Hall–Kier alpha value is -6.32. The van der Waals surface area contributed by atoms with Gasteiger partial charge in [-0.05, 0) is 103 Å². The number of carboxylic acid groups (broad SMARTS) is 1. The van der Waals surface area contributed by atoms with Crippen LogP contribution in [0.25, 0.3) is 11.1 Å². The number of aliphatic carboxylic acids is 1. The maximum atomic E-state index is 11.9. The lowest BCUT2D eigenvalue weighted by atomic mass is 9.97. The van der Waals surface area contributed by atoms with Crippen LogP contribution < -0.4 is 22.0 Å². The van der Waals surface area contributed by atoms with E-state index in [1.165, 1.54) is 25.1 Å². The third-order valence-corrected chi connectivity index (χ3v) is 7.96. The topological polar surface area (TPSA) is 240 Å². The molecule has 0 radical (unpaired) electrons. The van der Waals surface area contributed by atoms with Gasteiger partial charge < -0.3 is 25.9 Å². The Morgan fingerprint density at radius 1 is 0.771 bits per heavy atom. The lowest BCUT2D eigenvalue weighted by molar-refractivity contribution is -0.298. The second-order valence-corrected chi connectivity index (χ2v) is 11.9. The van der Waals surface area contributed by atoms with E-state index in [2.05, 4.69) is 31.0 Å². The summed E-state index contributed by atoms with van der Waals surface area (Å²) in [5.74, 6) is -2.16. The van der Waals surface area contributed by atoms with Crippen LogP contribution in [0.2, 0.25) is 0 Å². The number of hydrogen-bond donors (Lipinski definition) is 3. The molecule has 0 heterocycles. The molecule has 4 aromatic carbocycles. The fourth-order valence-electron chi connectivity index (χ4n) is 4.46. The minimum absolute atomic E-state index is 0.137. The van der Waals surface area contributed by atoms with Crippen molar-refractivity contribution in [3.05, 3.63) is 108 Å². The fourth-order valence-corrected chi connectivity index (χ4v) is 4.93. The second-order valence-electron chi connectivity index (χ2n) is 10.5. The molecule has 0 aliphatic heterocycles. The maximum Gasteiger partial charge on any atom is 0.190 e. The van der Waals surface area contributed by atoms with Crippen molar-refractivity contribution in [2.45, 2.75) is 18.7 Å². The molecule has 15 heteroatoms. The van der Waals surface area contributed by atoms with Gasteiger partial charge in [0.2, 0.25) is 0 Å². The summed E-state index contributed by atoms with van der Waals surface area (Å²) in [6, 6.07) is 21.2. The fraction of sp³-hybridized carbons (Fsp3) is 0.0606. The summed E-state index contributed by atoms with van der Waals surface area (Å²) in [6.45, 7) is 3.26. The molecule has 14 nitrogen and oxygen atoms in total. The molecule has 48 heavy (non-hydrogen) atoms. The van der Waals surface area contributed by atoms with Crippen molar-refractivity contribution in [3.8, 4) is 11.1 Å². The number of carboxylic acids is 1. The quantitative estimate of drug-likeness (QED) is 0.0508. The number of benzene rings is 4. The van der Waals surface area contributed by atoms with Crippen LogP contribution in [0.5, 0.6) is 0 Å². The molecule has 0 saturated heterocycles. The molecule has 5 N–H and O–H groups in total. The molecule has 4 aromatic rings. The molecule has 0 fully saturated rings. The number of nitrogens with two attached hydrogens (primary N) is 2. The highest BCUT2D eigenvalue weighted by molar-refractivity contribution is 7.85. The minimum atomic E-state index is -4.58. The highest BCUT2D eigenvalue weighted by Gasteiger charge is 2.18. The minimum Gasteiger partial charge on any atom is -0.744 e. The molecule has 1 aliphatic rings. The third kappa shape index (κ3) is 7.55. The van der Waals surface area contributed by atoms with Crippen LogP contribution in [0.4, 0.5) is 39.8 Å². The molecule has 0 atom stereocenters. The lowest BCUT2D eigenvalue weighted by Gasteiger charge is -2.13. The van der Waals surface area contributed by atoms with Crippen LogP contribution in [-0.4, -0.2) is 30.4 Å². The zero-order valence-corrected chi connectivity index (χ0v) is 26.2. The van der Waals surface area contributed by atoms with E-state index in [1.54, 1.807) is 37.3 Å². The van der Waals surface area contributed by atoms with E-state index < -0.39 is 27.4 Å². The summed E-state index contributed by atoms with van der Waals surface area (Å²) < 4.78 is 33.4. The van der Waals surface area contributed by atoms with Gasteiger partial charge in [-0.2, -0.15) is 15.3 Å². The summed E-state index contributed by atoms with van der Waals surface area (Å²) in [5, 5.41) is 32.2. The second kappa shape index (κ2) is 13.6. The monoisotopic (exact) mass is 662 g/mol. The van der Waals surface area contributed by atoms with E-state index in [0.29, 0.717) is 28.3 Å². The summed E-state index contributed by atoms with van der Waals surface area (Å²) in [4.78, 5) is 22.8. The predicted molar refractivity (Wildman–Crippen MR) is 178 cm³/mol. The van der Waals surface area contributed by atoms with Crippen LogP contribution in [0.15, 0.2) is 133 Å². The molecular formula is C33H26N8O6S-2. The molecular weight excluding hydrogens is 636 g/mol. The van der Waals surface area contributed by atoms with Crippen LogP contribution in [0, 0.1) is 6.92 Å². The highest BCUT2D eigenvalue weighted by atomic mass is 32.2. The number of Topliss-reactive ketones (excluding diaryl/α,β-unsaturated/α-hetero) is 1. The number of azo groups is 2. The molecule has 0 spiro atoms. The number of aryl methyl sites for hydroxylation is 1. The van der Waals surface area contributed by atoms with Crippen LogP contribution in [0.3, 0.4) is 0 Å². The smallest absolute Gasteiger partial charge is 0.190 e.